The SMILES string of the molecule is CCN(CC)c1nonc1-c1no[n+]([O-])c1-c1nonc1N(CC)CC. The van der Waals surface area contributed by atoms with Gasteiger partial charge in [0.2, 0.25) is 23.0 Å². The van der Waals surface area contributed by atoms with E-state index in [0.29, 0.717) is 37.8 Å². The maximum absolute atomic E-state index is 12.3. The number of aromatic nitrogens is 6. The summed E-state index contributed by atoms with van der Waals surface area (Å²) in [4.78, 5) is 4.07. The van der Waals surface area contributed by atoms with Crippen LogP contribution in [0.3, 0.4) is 0 Å². The summed E-state index contributed by atoms with van der Waals surface area (Å²) in [7, 11) is 0. The molecule has 0 saturated carbocycles. The third-order valence-corrected chi connectivity index (χ3v) is 4.13. The van der Waals surface area contributed by atoms with Crippen molar-refractivity contribution in [3.63, 3.8) is 0 Å². The maximum atomic E-state index is 12.3. The molecular formula is C14H20N8O4. The molecule has 3 rings (SSSR count). The highest BCUT2D eigenvalue weighted by Gasteiger charge is 2.35. The number of hydrogen-bond acceptors (Lipinski definition) is 11. The minimum absolute atomic E-state index is 0.0391. The van der Waals surface area contributed by atoms with Crippen LogP contribution in [0.5, 0.6) is 0 Å². The van der Waals surface area contributed by atoms with E-state index >= 15 is 0 Å². The van der Waals surface area contributed by atoms with Gasteiger partial charge in [0.25, 0.3) is 11.4 Å². The largest absolute Gasteiger partial charge is 0.359 e. The molecular weight excluding hydrogens is 344 g/mol. The van der Waals surface area contributed by atoms with E-state index in [4.69, 9.17) is 13.9 Å². The Kier molecular flexibility index (Phi) is 5.00. The van der Waals surface area contributed by atoms with Gasteiger partial charge < -0.3 is 15.0 Å². The van der Waals surface area contributed by atoms with Crippen molar-refractivity contribution < 1.29 is 18.8 Å². The van der Waals surface area contributed by atoms with E-state index in [1.165, 1.54) is 0 Å². The van der Waals surface area contributed by atoms with Gasteiger partial charge in [0.15, 0.2) is 0 Å². The fourth-order valence-corrected chi connectivity index (χ4v) is 2.73. The van der Waals surface area contributed by atoms with Crippen LogP contribution in [-0.2, 0) is 0 Å². The first-order valence-electron chi connectivity index (χ1n) is 8.41. The van der Waals surface area contributed by atoms with E-state index in [1.807, 2.05) is 37.5 Å². The van der Waals surface area contributed by atoms with Crippen LogP contribution in [0.25, 0.3) is 22.8 Å². The lowest BCUT2D eigenvalue weighted by Gasteiger charge is -2.17. The standard InChI is InChI=1S/C14H20N8O4/c1-5-20(6-2)13-10(15-24-18-13)9-12(22(23)26-17-9)11-14(19-25-16-11)21(7-3)8-4/h5-8H2,1-4H3. The van der Waals surface area contributed by atoms with Gasteiger partial charge in [0.05, 0.1) is 0 Å². The van der Waals surface area contributed by atoms with Gasteiger partial charge in [0.1, 0.15) is 0 Å². The molecule has 0 saturated heterocycles. The molecule has 12 heteroatoms. The van der Waals surface area contributed by atoms with Crippen molar-refractivity contribution in [1.29, 1.82) is 0 Å². The highest BCUT2D eigenvalue weighted by Crippen LogP contribution is 2.34. The summed E-state index contributed by atoms with van der Waals surface area (Å²) in [6.45, 7) is 10.5. The zero-order valence-corrected chi connectivity index (χ0v) is 15.0. The van der Waals surface area contributed by atoms with E-state index in [1.54, 1.807) is 0 Å². The molecule has 0 aliphatic carbocycles. The van der Waals surface area contributed by atoms with Gasteiger partial charge in [0, 0.05) is 31.3 Å². The molecule has 0 aliphatic heterocycles. The summed E-state index contributed by atoms with van der Waals surface area (Å²) >= 11 is 0. The first kappa shape index (κ1) is 17.6. The Hall–Kier alpha value is -3.18. The lowest BCUT2D eigenvalue weighted by atomic mass is 10.2. The van der Waals surface area contributed by atoms with Gasteiger partial charge in [-0.15, -0.1) is 0 Å². The van der Waals surface area contributed by atoms with Crippen LogP contribution in [0, 0.1) is 5.21 Å². The van der Waals surface area contributed by atoms with Crippen LogP contribution in [0.1, 0.15) is 27.7 Å². The molecule has 0 atom stereocenters. The van der Waals surface area contributed by atoms with Crippen molar-refractivity contribution in [3.8, 4) is 22.8 Å². The predicted molar refractivity (Wildman–Crippen MR) is 89.2 cm³/mol. The molecule has 0 amide bonds. The Balaban J connectivity index is 2.14. The van der Waals surface area contributed by atoms with E-state index in [-0.39, 0.29) is 27.7 Å². The zero-order chi connectivity index (χ0) is 18.7. The maximum Gasteiger partial charge on any atom is 0.284 e. The number of rotatable bonds is 8. The molecule has 0 unspecified atom stereocenters. The van der Waals surface area contributed by atoms with E-state index in [2.05, 4.69) is 25.8 Å². The molecule has 0 spiro atoms. The lowest BCUT2D eigenvalue weighted by molar-refractivity contribution is -0.793. The molecule has 26 heavy (non-hydrogen) atoms. The molecule has 140 valence electrons. The summed E-state index contributed by atoms with van der Waals surface area (Å²) in [5.74, 6) is 0.885. The highest BCUT2D eigenvalue weighted by atomic mass is 16.8. The predicted octanol–water partition coefficient (Wildman–Crippen LogP) is 1.10. The second-order valence-corrected chi connectivity index (χ2v) is 5.34. The van der Waals surface area contributed by atoms with Crippen molar-refractivity contribution in [2.24, 2.45) is 0 Å². The van der Waals surface area contributed by atoms with Crippen molar-refractivity contribution in [3.05, 3.63) is 5.21 Å². The summed E-state index contributed by atoms with van der Waals surface area (Å²) in [6, 6.07) is 0. The molecule has 0 bridgehead atoms. The van der Waals surface area contributed by atoms with Gasteiger partial charge in [-0.3, -0.25) is 4.63 Å². The number of hydrogen-bond donors (Lipinski definition) is 0. The van der Waals surface area contributed by atoms with Gasteiger partial charge in [-0.05, 0) is 53.2 Å². The van der Waals surface area contributed by atoms with Crippen LogP contribution in [0.2, 0.25) is 0 Å². The first-order chi connectivity index (χ1) is 12.7. The molecule has 0 radical (unpaired) electrons. The molecule has 3 aromatic rings. The van der Waals surface area contributed by atoms with Crippen molar-refractivity contribution >= 4 is 11.6 Å². The Bertz CT molecular complexity index is 849. The molecule has 0 fully saturated rings. The van der Waals surface area contributed by atoms with Crippen LogP contribution in [0.15, 0.2) is 13.9 Å². The average molecular weight is 364 g/mol. The number of anilines is 2. The summed E-state index contributed by atoms with van der Waals surface area (Å²) < 4.78 is 14.6. The molecule has 12 nitrogen and oxygen atoms in total. The Morgan fingerprint density at radius 1 is 0.731 bits per heavy atom. The molecule has 0 aliphatic rings. The summed E-state index contributed by atoms with van der Waals surface area (Å²) in [6.07, 6.45) is 0. The topological polar surface area (TPSA) is 137 Å². The quantitative estimate of drug-likeness (QED) is 0.531. The highest BCUT2D eigenvalue weighted by molar-refractivity contribution is 5.81. The second-order valence-electron chi connectivity index (χ2n) is 5.34. The normalized spacial score (nSPS) is 11.1. The third kappa shape index (κ3) is 2.82. The molecule has 3 aromatic heterocycles. The van der Waals surface area contributed by atoms with Gasteiger partial charge >= 0.3 is 0 Å². The minimum Gasteiger partial charge on any atom is -0.359 e. The number of nitrogens with zero attached hydrogens (tertiary/aromatic N) is 8. The average Bonchev–Trinajstić information content (AvgIpc) is 3.37. The van der Waals surface area contributed by atoms with Crippen molar-refractivity contribution in [1.82, 2.24) is 25.8 Å². The second kappa shape index (κ2) is 7.37. The monoisotopic (exact) mass is 364 g/mol. The first-order valence-corrected chi connectivity index (χ1v) is 8.41. The fourth-order valence-electron chi connectivity index (χ4n) is 2.73. The Labute approximate surface area is 148 Å². The zero-order valence-electron chi connectivity index (χ0n) is 15.0. The van der Waals surface area contributed by atoms with E-state index in [0.717, 1.165) is 0 Å². The van der Waals surface area contributed by atoms with Crippen molar-refractivity contribution in [2.75, 3.05) is 36.0 Å². The molecule has 3 heterocycles. The summed E-state index contributed by atoms with van der Waals surface area (Å²) in [5, 5.41) is 31.7. The minimum atomic E-state index is 0.0391. The third-order valence-electron chi connectivity index (χ3n) is 4.13. The van der Waals surface area contributed by atoms with Crippen LogP contribution < -0.4 is 14.7 Å². The smallest absolute Gasteiger partial charge is 0.284 e. The Morgan fingerprint density at radius 2 is 1.23 bits per heavy atom. The van der Waals surface area contributed by atoms with Crippen LogP contribution >= 0.6 is 0 Å². The van der Waals surface area contributed by atoms with Gasteiger partial charge in [-0.25, -0.2) is 9.26 Å². The summed E-state index contributed by atoms with van der Waals surface area (Å²) in [5.41, 5.74) is 0.702. The van der Waals surface area contributed by atoms with Gasteiger partial charge in [-0.2, -0.15) is 0 Å². The molecule has 0 N–H and O–H groups in total. The molecule has 0 aromatic carbocycles. The van der Waals surface area contributed by atoms with Crippen molar-refractivity contribution in [2.45, 2.75) is 27.7 Å². The van der Waals surface area contributed by atoms with Crippen LogP contribution in [-0.4, -0.2) is 52.0 Å². The van der Waals surface area contributed by atoms with E-state index in [9.17, 15) is 5.21 Å². The Morgan fingerprint density at radius 3 is 1.77 bits per heavy atom. The van der Waals surface area contributed by atoms with Crippen LogP contribution in [0.4, 0.5) is 11.6 Å². The lowest BCUT2D eigenvalue weighted by Crippen LogP contribution is -2.28. The van der Waals surface area contributed by atoms with Gasteiger partial charge in [-0.1, -0.05) is 0 Å². The van der Waals surface area contributed by atoms with E-state index < -0.39 is 0 Å². The fraction of sp³-hybridized carbons (Fsp3) is 0.571.